The number of ether oxygens (including phenoxy) is 1. The summed E-state index contributed by atoms with van der Waals surface area (Å²) in [6.45, 7) is 6.02. The van der Waals surface area contributed by atoms with Crippen LogP contribution < -0.4 is 4.74 Å². The summed E-state index contributed by atoms with van der Waals surface area (Å²) in [5.41, 5.74) is 1.35. The molecule has 0 amide bonds. The first kappa shape index (κ1) is 16.3. The van der Waals surface area contributed by atoms with Crippen molar-refractivity contribution >= 4 is 23.5 Å². The predicted octanol–water partition coefficient (Wildman–Crippen LogP) is 5.41. The lowest BCUT2D eigenvalue weighted by Crippen LogP contribution is -2.22. The summed E-state index contributed by atoms with van der Waals surface area (Å²) in [6, 6.07) is 14.5. The fourth-order valence-corrected chi connectivity index (χ4v) is 2.01. The van der Waals surface area contributed by atoms with Crippen LogP contribution in [0.1, 0.15) is 36.7 Å². The van der Waals surface area contributed by atoms with Crippen molar-refractivity contribution in [1.29, 1.82) is 0 Å². The highest BCUT2D eigenvalue weighted by molar-refractivity contribution is 6.30. The monoisotopic (exact) mass is 314 g/mol. The Labute approximate surface area is 136 Å². The normalized spacial score (nSPS) is 11.6. The predicted molar refractivity (Wildman–Crippen MR) is 91.6 cm³/mol. The van der Waals surface area contributed by atoms with Crippen molar-refractivity contribution in [1.82, 2.24) is 0 Å². The van der Waals surface area contributed by atoms with Gasteiger partial charge in [-0.1, -0.05) is 29.8 Å². The molecule has 0 aliphatic heterocycles. The molecule has 2 rings (SSSR count). The summed E-state index contributed by atoms with van der Waals surface area (Å²) >= 11 is 5.81. The molecular weight excluding hydrogens is 296 g/mol. The van der Waals surface area contributed by atoms with E-state index in [1.807, 2.05) is 45.0 Å². The Hall–Kier alpha value is -2.06. The zero-order valence-corrected chi connectivity index (χ0v) is 13.7. The van der Waals surface area contributed by atoms with E-state index in [0.717, 1.165) is 11.3 Å². The molecule has 0 heterocycles. The van der Waals surface area contributed by atoms with Crippen LogP contribution in [0.15, 0.2) is 54.6 Å². The minimum atomic E-state index is -0.220. The van der Waals surface area contributed by atoms with Gasteiger partial charge in [-0.15, -0.1) is 0 Å². The molecule has 0 aliphatic rings. The van der Waals surface area contributed by atoms with Gasteiger partial charge in [0.25, 0.3) is 0 Å². The van der Waals surface area contributed by atoms with Crippen molar-refractivity contribution in [2.24, 2.45) is 0 Å². The second kappa shape index (κ2) is 6.80. The Morgan fingerprint density at radius 2 is 1.59 bits per heavy atom. The molecule has 0 bridgehead atoms. The third kappa shape index (κ3) is 5.05. The van der Waals surface area contributed by atoms with Gasteiger partial charge in [-0.05, 0) is 68.8 Å². The topological polar surface area (TPSA) is 26.3 Å². The lowest BCUT2D eigenvalue weighted by atomic mass is 10.1. The highest BCUT2D eigenvalue weighted by Gasteiger charge is 2.11. The molecule has 114 valence electrons. The summed E-state index contributed by atoms with van der Waals surface area (Å²) in [4.78, 5) is 12.0. The Bertz CT molecular complexity index is 662. The van der Waals surface area contributed by atoms with Crippen LogP contribution in [-0.4, -0.2) is 11.4 Å². The molecule has 0 N–H and O–H groups in total. The highest BCUT2D eigenvalue weighted by atomic mass is 35.5. The third-order valence-electron chi connectivity index (χ3n) is 2.86. The molecule has 2 aromatic rings. The van der Waals surface area contributed by atoms with Crippen LogP contribution in [0.4, 0.5) is 0 Å². The van der Waals surface area contributed by atoms with Crippen LogP contribution in [0, 0.1) is 0 Å². The van der Waals surface area contributed by atoms with E-state index in [-0.39, 0.29) is 11.4 Å². The zero-order valence-electron chi connectivity index (χ0n) is 13.0. The van der Waals surface area contributed by atoms with Gasteiger partial charge in [0.15, 0.2) is 5.78 Å². The maximum Gasteiger partial charge on any atom is 0.185 e. The molecule has 0 aliphatic carbocycles. The van der Waals surface area contributed by atoms with Gasteiger partial charge in [0.05, 0.1) is 0 Å². The lowest BCUT2D eigenvalue weighted by Gasteiger charge is -2.21. The van der Waals surface area contributed by atoms with Crippen LogP contribution in [0.25, 0.3) is 6.08 Å². The van der Waals surface area contributed by atoms with E-state index in [1.54, 1.807) is 36.4 Å². The van der Waals surface area contributed by atoms with E-state index in [4.69, 9.17) is 16.3 Å². The third-order valence-corrected chi connectivity index (χ3v) is 3.11. The Morgan fingerprint density at radius 1 is 1.00 bits per heavy atom. The fourth-order valence-electron chi connectivity index (χ4n) is 1.88. The average Bonchev–Trinajstić information content (AvgIpc) is 2.45. The Balaban J connectivity index is 2.04. The average molecular weight is 315 g/mol. The van der Waals surface area contributed by atoms with E-state index in [1.165, 1.54) is 0 Å². The summed E-state index contributed by atoms with van der Waals surface area (Å²) in [6.07, 6.45) is 3.35. The summed E-state index contributed by atoms with van der Waals surface area (Å²) in [7, 11) is 0. The Kier molecular flexibility index (Phi) is 5.04. The summed E-state index contributed by atoms with van der Waals surface area (Å²) in [5, 5.41) is 0.620. The van der Waals surface area contributed by atoms with Gasteiger partial charge >= 0.3 is 0 Å². The second-order valence-electron chi connectivity index (χ2n) is 5.99. The summed E-state index contributed by atoms with van der Waals surface area (Å²) < 4.78 is 5.76. The number of benzene rings is 2. The first-order valence-corrected chi connectivity index (χ1v) is 7.48. The fraction of sp³-hybridized carbons (Fsp3) is 0.211. The lowest BCUT2D eigenvalue weighted by molar-refractivity contribution is 0.104. The number of hydrogen-bond donors (Lipinski definition) is 0. The van der Waals surface area contributed by atoms with Crippen molar-refractivity contribution in [3.63, 3.8) is 0 Å². The molecule has 0 aromatic heterocycles. The van der Waals surface area contributed by atoms with Gasteiger partial charge in [-0.3, -0.25) is 4.79 Å². The van der Waals surface area contributed by atoms with Crippen molar-refractivity contribution in [3.8, 4) is 5.75 Å². The quantitative estimate of drug-likeness (QED) is 0.557. The summed E-state index contributed by atoms with van der Waals surface area (Å²) in [5.74, 6) is 0.764. The van der Waals surface area contributed by atoms with Crippen molar-refractivity contribution in [2.45, 2.75) is 26.4 Å². The van der Waals surface area contributed by atoms with Gasteiger partial charge in [-0.2, -0.15) is 0 Å². The number of ketones is 1. The molecule has 3 heteroatoms. The van der Waals surface area contributed by atoms with Crippen molar-refractivity contribution in [3.05, 3.63) is 70.8 Å². The minimum absolute atomic E-state index is 0.0494. The highest BCUT2D eigenvalue weighted by Crippen LogP contribution is 2.19. The van der Waals surface area contributed by atoms with Gasteiger partial charge in [0.2, 0.25) is 0 Å². The maximum atomic E-state index is 12.0. The van der Waals surface area contributed by atoms with E-state index in [9.17, 15) is 4.79 Å². The molecule has 0 radical (unpaired) electrons. The van der Waals surface area contributed by atoms with Crippen molar-refractivity contribution in [2.75, 3.05) is 0 Å². The number of halogens is 1. The van der Waals surface area contributed by atoms with Gasteiger partial charge in [0.1, 0.15) is 11.4 Å². The largest absolute Gasteiger partial charge is 0.488 e. The molecule has 0 spiro atoms. The van der Waals surface area contributed by atoms with Crippen LogP contribution in [0.5, 0.6) is 5.75 Å². The minimum Gasteiger partial charge on any atom is -0.488 e. The van der Waals surface area contributed by atoms with Crippen molar-refractivity contribution < 1.29 is 9.53 Å². The molecule has 0 saturated heterocycles. The first-order chi connectivity index (χ1) is 10.3. The van der Waals surface area contributed by atoms with Crippen LogP contribution >= 0.6 is 11.6 Å². The molecule has 2 aromatic carbocycles. The van der Waals surface area contributed by atoms with Crippen LogP contribution in [-0.2, 0) is 0 Å². The van der Waals surface area contributed by atoms with E-state index < -0.39 is 0 Å². The standard InChI is InChI=1S/C19H19ClO2/c1-19(2,3)22-17-11-4-14(5-12-17)6-13-18(21)15-7-9-16(20)10-8-15/h4-13H,1-3H3/b13-6+. The molecule has 22 heavy (non-hydrogen) atoms. The molecule has 0 atom stereocenters. The van der Waals surface area contributed by atoms with Gasteiger partial charge in [0, 0.05) is 10.6 Å². The molecular formula is C19H19ClO2. The molecule has 0 saturated carbocycles. The number of allylic oxidation sites excluding steroid dienone is 1. The van der Waals surface area contributed by atoms with E-state index in [2.05, 4.69) is 0 Å². The van der Waals surface area contributed by atoms with Crippen LogP contribution in [0.3, 0.4) is 0 Å². The number of hydrogen-bond acceptors (Lipinski definition) is 2. The number of carbonyl (C=O) groups excluding carboxylic acids is 1. The first-order valence-electron chi connectivity index (χ1n) is 7.10. The van der Waals surface area contributed by atoms with Gasteiger partial charge in [-0.25, -0.2) is 0 Å². The second-order valence-corrected chi connectivity index (χ2v) is 6.42. The molecule has 2 nitrogen and oxygen atoms in total. The Morgan fingerprint density at radius 3 is 2.14 bits per heavy atom. The zero-order chi connectivity index (χ0) is 16.2. The van der Waals surface area contributed by atoms with E-state index >= 15 is 0 Å². The SMILES string of the molecule is CC(C)(C)Oc1ccc(/C=C/C(=O)c2ccc(Cl)cc2)cc1. The number of carbonyl (C=O) groups is 1. The van der Waals surface area contributed by atoms with Gasteiger partial charge < -0.3 is 4.74 Å². The smallest absolute Gasteiger partial charge is 0.185 e. The molecule has 0 fully saturated rings. The van der Waals surface area contributed by atoms with E-state index in [0.29, 0.717) is 10.6 Å². The maximum absolute atomic E-state index is 12.0. The number of rotatable bonds is 4. The van der Waals surface area contributed by atoms with Crippen LogP contribution in [0.2, 0.25) is 5.02 Å². The molecule has 0 unspecified atom stereocenters.